The third kappa shape index (κ3) is 2.92. The molecule has 1 atom stereocenters. The summed E-state index contributed by atoms with van der Waals surface area (Å²) >= 11 is 0. The molecule has 0 saturated carbocycles. The molecule has 5 nitrogen and oxygen atoms in total. The zero-order chi connectivity index (χ0) is 12.3. The number of aliphatic hydroxyl groups excluding tert-OH is 1. The first kappa shape index (κ1) is 12.3. The Hall–Kier alpha value is -1.20. The van der Waals surface area contributed by atoms with Gasteiger partial charge in [-0.3, -0.25) is 9.69 Å². The number of hydrogen-bond acceptors (Lipinski definition) is 4. The summed E-state index contributed by atoms with van der Waals surface area (Å²) in [4.78, 5) is 20.9. The number of β-amino-alcohol motifs (C(OH)–C–C–N with tert-alkyl or cyclic N) is 1. The molecule has 1 fully saturated rings. The van der Waals surface area contributed by atoms with Crippen LogP contribution < -0.4 is 5.56 Å². The van der Waals surface area contributed by atoms with Gasteiger partial charge in [0.1, 0.15) is 5.82 Å². The number of aliphatic hydroxyl groups is 1. The number of H-pyrrole nitrogens is 1. The van der Waals surface area contributed by atoms with E-state index in [1.165, 1.54) is 6.07 Å². The third-order valence-corrected chi connectivity index (χ3v) is 3.20. The molecule has 1 saturated heterocycles. The van der Waals surface area contributed by atoms with Crippen LogP contribution in [0.3, 0.4) is 0 Å². The van der Waals surface area contributed by atoms with Crippen LogP contribution in [0.25, 0.3) is 0 Å². The van der Waals surface area contributed by atoms with Crippen molar-refractivity contribution >= 4 is 0 Å². The van der Waals surface area contributed by atoms with Crippen molar-refractivity contribution in [2.45, 2.75) is 32.2 Å². The molecule has 0 amide bonds. The highest BCUT2D eigenvalue weighted by Crippen LogP contribution is 2.27. The molecular formula is C12H19N3O2. The normalized spacial score (nSPS) is 21.6. The van der Waals surface area contributed by atoms with Gasteiger partial charge in [0.25, 0.3) is 5.56 Å². The van der Waals surface area contributed by atoms with Gasteiger partial charge in [-0.1, -0.05) is 6.42 Å². The zero-order valence-corrected chi connectivity index (χ0v) is 10.1. The van der Waals surface area contributed by atoms with E-state index < -0.39 is 0 Å². The fourth-order valence-electron chi connectivity index (χ4n) is 2.46. The summed E-state index contributed by atoms with van der Waals surface area (Å²) in [6, 6.07) is 1.64. The van der Waals surface area contributed by atoms with Crippen molar-refractivity contribution < 1.29 is 5.11 Å². The maximum absolute atomic E-state index is 11.5. The first-order valence-corrected chi connectivity index (χ1v) is 6.13. The Morgan fingerprint density at radius 3 is 3.12 bits per heavy atom. The van der Waals surface area contributed by atoms with Crippen molar-refractivity contribution in [3.8, 4) is 0 Å². The predicted molar refractivity (Wildman–Crippen MR) is 64.8 cm³/mol. The quantitative estimate of drug-likeness (QED) is 0.807. The number of piperidine rings is 1. The minimum atomic E-state index is -0.0954. The molecule has 2 N–H and O–H groups in total. The number of nitrogens with zero attached hydrogens (tertiary/aromatic N) is 2. The number of rotatable bonds is 3. The van der Waals surface area contributed by atoms with Crippen LogP contribution in [0.1, 0.15) is 36.8 Å². The molecule has 2 heterocycles. The summed E-state index contributed by atoms with van der Waals surface area (Å²) in [6.45, 7) is 3.58. The van der Waals surface area contributed by atoms with Gasteiger partial charge in [0.2, 0.25) is 0 Å². The maximum Gasteiger partial charge on any atom is 0.251 e. The lowest BCUT2D eigenvalue weighted by Gasteiger charge is -2.34. The lowest BCUT2D eigenvalue weighted by atomic mass is 10.0. The Balaban J connectivity index is 2.25. The molecule has 1 unspecified atom stereocenters. The van der Waals surface area contributed by atoms with Gasteiger partial charge in [-0.15, -0.1) is 0 Å². The smallest absolute Gasteiger partial charge is 0.251 e. The molecule has 0 aliphatic carbocycles. The first-order valence-electron chi connectivity index (χ1n) is 6.13. The van der Waals surface area contributed by atoms with Crippen molar-refractivity contribution in [3.63, 3.8) is 0 Å². The molecule has 1 aromatic rings. The summed E-state index contributed by atoms with van der Waals surface area (Å²) in [5.74, 6) is 0.739. The number of aromatic nitrogens is 2. The molecule has 17 heavy (non-hydrogen) atoms. The van der Waals surface area contributed by atoms with E-state index in [4.69, 9.17) is 5.11 Å². The van der Waals surface area contributed by atoms with Crippen LogP contribution in [0, 0.1) is 6.92 Å². The highest BCUT2D eigenvalue weighted by Gasteiger charge is 2.25. The van der Waals surface area contributed by atoms with E-state index in [-0.39, 0.29) is 18.2 Å². The Morgan fingerprint density at radius 1 is 1.59 bits per heavy atom. The van der Waals surface area contributed by atoms with Gasteiger partial charge < -0.3 is 10.1 Å². The number of likely N-dealkylation sites (tertiary alicyclic amines) is 1. The lowest BCUT2D eigenvalue weighted by Crippen LogP contribution is -2.37. The van der Waals surface area contributed by atoms with E-state index in [0.29, 0.717) is 6.54 Å². The van der Waals surface area contributed by atoms with Crippen molar-refractivity contribution in [2.24, 2.45) is 0 Å². The van der Waals surface area contributed by atoms with Gasteiger partial charge in [0.05, 0.1) is 12.6 Å². The van der Waals surface area contributed by atoms with Gasteiger partial charge in [-0.2, -0.15) is 0 Å². The van der Waals surface area contributed by atoms with Crippen LogP contribution >= 0.6 is 0 Å². The SMILES string of the molecule is Cc1cc(=O)[nH]c(C2CCCCN2CCO)n1. The summed E-state index contributed by atoms with van der Waals surface area (Å²) in [6.07, 6.45) is 3.28. The Labute approximate surface area is 100 Å². The monoisotopic (exact) mass is 237 g/mol. The number of aromatic amines is 1. The van der Waals surface area contributed by atoms with E-state index in [2.05, 4.69) is 14.9 Å². The second kappa shape index (κ2) is 5.42. The topological polar surface area (TPSA) is 69.2 Å². The fourth-order valence-corrected chi connectivity index (χ4v) is 2.46. The summed E-state index contributed by atoms with van der Waals surface area (Å²) in [5, 5.41) is 9.06. The van der Waals surface area contributed by atoms with E-state index >= 15 is 0 Å². The predicted octanol–water partition coefficient (Wildman–Crippen LogP) is 0.598. The van der Waals surface area contributed by atoms with Gasteiger partial charge >= 0.3 is 0 Å². The highest BCUT2D eigenvalue weighted by molar-refractivity contribution is 5.04. The molecule has 1 aliphatic heterocycles. The van der Waals surface area contributed by atoms with Crippen LogP contribution in [-0.4, -0.2) is 39.7 Å². The van der Waals surface area contributed by atoms with Crippen LogP contribution in [0.5, 0.6) is 0 Å². The first-order chi connectivity index (χ1) is 8.20. The number of hydrogen-bond donors (Lipinski definition) is 2. The molecule has 0 bridgehead atoms. The van der Waals surface area contributed by atoms with Gasteiger partial charge in [0.15, 0.2) is 0 Å². The van der Waals surface area contributed by atoms with E-state index in [1.54, 1.807) is 0 Å². The fraction of sp³-hybridized carbons (Fsp3) is 0.667. The maximum atomic E-state index is 11.5. The van der Waals surface area contributed by atoms with E-state index in [9.17, 15) is 4.79 Å². The van der Waals surface area contributed by atoms with Crippen LogP contribution in [0.4, 0.5) is 0 Å². The average Bonchev–Trinajstić information content (AvgIpc) is 2.29. The molecule has 94 valence electrons. The van der Waals surface area contributed by atoms with Crippen molar-refractivity contribution in [3.05, 3.63) is 27.9 Å². The summed E-state index contributed by atoms with van der Waals surface area (Å²) < 4.78 is 0. The molecule has 0 spiro atoms. The van der Waals surface area contributed by atoms with Crippen molar-refractivity contribution in [1.82, 2.24) is 14.9 Å². The van der Waals surface area contributed by atoms with Crippen molar-refractivity contribution in [1.29, 1.82) is 0 Å². The Kier molecular flexibility index (Phi) is 3.91. The van der Waals surface area contributed by atoms with Crippen LogP contribution in [-0.2, 0) is 0 Å². The summed E-state index contributed by atoms with van der Waals surface area (Å²) in [5.41, 5.74) is 0.653. The largest absolute Gasteiger partial charge is 0.395 e. The summed E-state index contributed by atoms with van der Waals surface area (Å²) in [7, 11) is 0. The molecule has 1 aromatic heterocycles. The third-order valence-electron chi connectivity index (χ3n) is 3.20. The molecule has 0 aromatic carbocycles. The minimum Gasteiger partial charge on any atom is -0.395 e. The van der Waals surface area contributed by atoms with E-state index in [1.807, 2.05) is 6.92 Å². The second-order valence-electron chi connectivity index (χ2n) is 4.54. The minimum absolute atomic E-state index is 0.0954. The number of nitrogens with one attached hydrogen (secondary N) is 1. The Morgan fingerprint density at radius 2 is 2.41 bits per heavy atom. The van der Waals surface area contributed by atoms with Gasteiger partial charge in [-0.05, 0) is 26.3 Å². The standard InChI is InChI=1S/C12H19N3O2/c1-9-8-11(17)14-12(13-9)10-4-2-3-5-15(10)6-7-16/h8,10,16H,2-7H2,1H3,(H,13,14,17). The molecular weight excluding hydrogens is 218 g/mol. The zero-order valence-electron chi connectivity index (χ0n) is 10.1. The second-order valence-corrected chi connectivity index (χ2v) is 4.54. The highest BCUT2D eigenvalue weighted by atomic mass is 16.3. The van der Waals surface area contributed by atoms with Gasteiger partial charge in [-0.25, -0.2) is 4.98 Å². The van der Waals surface area contributed by atoms with Crippen LogP contribution in [0.2, 0.25) is 0 Å². The number of aryl methyl sites for hydroxylation is 1. The van der Waals surface area contributed by atoms with Crippen molar-refractivity contribution in [2.75, 3.05) is 19.7 Å². The molecule has 2 rings (SSSR count). The van der Waals surface area contributed by atoms with Crippen LogP contribution in [0.15, 0.2) is 10.9 Å². The molecule has 5 heteroatoms. The molecule has 0 radical (unpaired) electrons. The van der Waals surface area contributed by atoms with Gasteiger partial charge in [0, 0.05) is 18.3 Å². The average molecular weight is 237 g/mol. The molecule has 1 aliphatic rings. The lowest BCUT2D eigenvalue weighted by molar-refractivity contribution is 0.112. The van der Waals surface area contributed by atoms with E-state index in [0.717, 1.165) is 37.3 Å². The Bertz CT molecular complexity index is 428.